The van der Waals surface area contributed by atoms with Crippen LogP contribution in [0.4, 0.5) is 10.3 Å². The molecule has 2 N–H and O–H groups in total. The molecule has 9 heteroatoms. The molecule has 0 aliphatic carbocycles. The van der Waals surface area contributed by atoms with Crippen LogP contribution in [0.2, 0.25) is 0 Å². The highest BCUT2D eigenvalue weighted by Gasteiger charge is 2.14. The second-order valence-corrected chi connectivity index (χ2v) is 4.90. The quantitative estimate of drug-likeness (QED) is 0.850. The van der Waals surface area contributed by atoms with Gasteiger partial charge in [-0.3, -0.25) is 10.1 Å². The van der Waals surface area contributed by atoms with Gasteiger partial charge in [-0.1, -0.05) is 22.7 Å². The van der Waals surface area contributed by atoms with Crippen LogP contribution in [0.5, 0.6) is 0 Å². The molecule has 84 valence electrons. The third-order valence-corrected chi connectivity index (χ3v) is 3.27. The predicted octanol–water partition coefficient (Wildman–Crippen LogP) is 0.992. The van der Waals surface area contributed by atoms with Crippen LogP contribution >= 0.6 is 22.7 Å². The molecule has 16 heavy (non-hydrogen) atoms. The summed E-state index contributed by atoms with van der Waals surface area (Å²) >= 11 is 2.49. The van der Waals surface area contributed by atoms with Gasteiger partial charge in [-0.05, 0) is 6.92 Å². The lowest BCUT2D eigenvalue weighted by Gasteiger charge is -1.94. The molecular formula is C7H8N6OS2. The largest absolute Gasteiger partial charge is 0.363 e. The molecule has 0 radical (unpaired) electrons. The van der Waals surface area contributed by atoms with Crippen LogP contribution in [-0.4, -0.2) is 33.3 Å². The maximum absolute atomic E-state index is 11.7. The number of carbonyl (C=O) groups is 1. The van der Waals surface area contributed by atoms with Crippen LogP contribution in [0, 0.1) is 6.92 Å². The second kappa shape index (κ2) is 4.49. The van der Waals surface area contributed by atoms with Crippen LogP contribution in [0.3, 0.4) is 0 Å². The standard InChI is InChI=1S/C7H8N6OS2/c1-3-10-13-7(15-3)9-4(14)5-11-12-6(8-2)16-5/h1-2H3,(H,8,12)(H,9,13,14). The first-order valence-corrected chi connectivity index (χ1v) is 5.95. The van der Waals surface area contributed by atoms with Gasteiger partial charge in [0.2, 0.25) is 15.3 Å². The zero-order valence-corrected chi connectivity index (χ0v) is 10.1. The molecule has 2 rings (SSSR count). The fraction of sp³-hybridized carbons (Fsp3) is 0.286. The number of aryl methyl sites for hydroxylation is 1. The lowest BCUT2D eigenvalue weighted by molar-refractivity contribution is 0.102. The monoisotopic (exact) mass is 256 g/mol. The van der Waals surface area contributed by atoms with Crippen molar-refractivity contribution in [1.29, 1.82) is 0 Å². The minimum Gasteiger partial charge on any atom is -0.363 e. The molecule has 0 aliphatic heterocycles. The normalized spacial score (nSPS) is 10.1. The van der Waals surface area contributed by atoms with Crippen molar-refractivity contribution in [3.05, 3.63) is 10.0 Å². The number of nitrogens with zero attached hydrogens (tertiary/aromatic N) is 4. The lowest BCUT2D eigenvalue weighted by Crippen LogP contribution is -2.11. The number of nitrogens with one attached hydrogen (secondary N) is 2. The Labute approximate surface area is 98.9 Å². The molecule has 0 unspecified atom stereocenters. The third kappa shape index (κ3) is 2.31. The van der Waals surface area contributed by atoms with Crippen molar-refractivity contribution in [2.45, 2.75) is 6.92 Å². The van der Waals surface area contributed by atoms with Crippen LogP contribution in [0.15, 0.2) is 0 Å². The summed E-state index contributed by atoms with van der Waals surface area (Å²) in [5.41, 5.74) is 0. The summed E-state index contributed by atoms with van der Waals surface area (Å²) in [6.45, 7) is 1.82. The third-order valence-electron chi connectivity index (χ3n) is 1.58. The Kier molecular flexibility index (Phi) is 3.06. The van der Waals surface area contributed by atoms with E-state index in [2.05, 4.69) is 31.0 Å². The van der Waals surface area contributed by atoms with Crippen LogP contribution in [-0.2, 0) is 0 Å². The Morgan fingerprint density at radius 3 is 2.44 bits per heavy atom. The van der Waals surface area contributed by atoms with Crippen molar-refractivity contribution in [3.63, 3.8) is 0 Å². The number of hydrogen-bond donors (Lipinski definition) is 2. The average Bonchev–Trinajstić information content (AvgIpc) is 2.87. The van der Waals surface area contributed by atoms with Crippen molar-refractivity contribution in [3.8, 4) is 0 Å². The van der Waals surface area contributed by atoms with Gasteiger partial charge in [0.25, 0.3) is 5.91 Å². The van der Waals surface area contributed by atoms with Gasteiger partial charge in [0.05, 0.1) is 0 Å². The number of rotatable bonds is 3. The van der Waals surface area contributed by atoms with E-state index in [0.717, 1.165) is 5.01 Å². The zero-order chi connectivity index (χ0) is 11.5. The van der Waals surface area contributed by atoms with E-state index in [9.17, 15) is 4.79 Å². The Balaban J connectivity index is 2.08. The van der Waals surface area contributed by atoms with E-state index in [-0.39, 0.29) is 10.9 Å². The number of anilines is 2. The van der Waals surface area contributed by atoms with Gasteiger partial charge < -0.3 is 5.32 Å². The van der Waals surface area contributed by atoms with Crippen molar-refractivity contribution in [1.82, 2.24) is 20.4 Å². The van der Waals surface area contributed by atoms with Crippen molar-refractivity contribution in [2.75, 3.05) is 17.7 Å². The molecule has 1 amide bonds. The number of amides is 1. The Morgan fingerprint density at radius 2 is 1.88 bits per heavy atom. The van der Waals surface area contributed by atoms with Gasteiger partial charge in [-0.25, -0.2) is 0 Å². The highest BCUT2D eigenvalue weighted by atomic mass is 32.1. The fourth-order valence-corrected chi connectivity index (χ4v) is 2.09. The first kappa shape index (κ1) is 10.9. The van der Waals surface area contributed by atoms with Crippen molar-refractivity contribution >= 4 is 38.8 Å². The summed E-state index contributed by atoms with van der Waals surface area (Å²) in [6, 6.07) is 0. The van der Waals surface area contributed by atoms with Gasteiger partial charge in [0.15, 0.2) is 0 Å². The molecule has 0 aliphatic rings. The first-order chi connectivity index (χ1) is 7.69. The number of aromatic nitrogens is 4. The molecule has 0 atom stereocenters. The second-order valence-electron chi connectivity index (χ2n) is 2.74. The average molecular weight is 256 g/mol. The van der Waals surface area contributed by atoms with E-state index in [1.165, 1.54) is 22.7 Å². The lowest BCUT2D eigenvalue weighted by atomic mass is 10.6. The van der Waals surface area contributed by atoms with Crippen LogP contribution in [0.1, 0.15) is 14.8 Å². The molecule has 2 heterocycles. The van der Waals surface area contributed by atoms with E-state index < -0.39 is 0 Å². The van der Waals surface area contributed by atoms with Gasteiger partial charge >= 0.3 is 0 Å². The Bertz CT molecular complexity index is 506. The van der Waals surface area contributed by atoms with E-state index in [1.54, 1.807) is 7.05 Å². The van der Waals surface area contributed by atoms with E-state index in [1.807, 2.05) is 6.92 Å². The van der Waals surface area contributed by atoms with Gasteiger partial charge in [-0.15, -0.1) is 20.4 Å². The smallest absolute Gasteiger partial charge is 0.288 e. The Hall–Kier alpha value is -1.61. The van der Waals surface area contributed by atoms with E-state index in [4.69, 9.17) is 0 Å². The number of hydrogen-bond acceptors (Lipinski definition) is 8. The summed E-state index contributed by atoms with van der Waals surface area (Å²) in [6.07, 6.45) is 0. The molecule has 0 saturated carbocycles. The Morgan fingerprint density at radius 1 is 1.12 bits per heavy atom. The summed E-state index contributed by atoms with van der Waals surface area (Å²) in [7, 11) is 1.72. The maximum Gasteiger partial charge on any atom is 0.288 e. The summed E-state index contributed by atoms with van der Waals surface area (Å²) in [5.74, 6) is -0.324. The maximum atomic E-state index is 11.7. The van der Waals surface area contributed by atoms with Gasteiger partial charge in [0.1, 0.15) is 5.01 Å². The van der Waals surface area contributed by atoms with Crippen molar-refractivity contribution < 1.29 is 4.79 Å². The van der Waals surface area contributed by atoms with Gasteiger partial charge in [-0.2, -0.15) is 0 Å². The van der Waals surface area contributed by atoms with Crippen molar-refractivity contribution in [2.24, 2.45) is 0 Å². The highest BCUT2D eigenvalue weighted by molar-refractivity contribution is 7.17. The minimum atomic E-state index is -0.324. The zero-order valence-electron chi connectivity index (χ0n) is 8.51. The molecule has 7 nitrogen and oxygen atoms in total. The van der Waals surface area contributed by atoms with E-state index >= 15 is 0 Å². The summed E-state index contributed by atoms with van der Waals surface area (Å²) in [5, 5.41) is 22.6. The highest BCUT2D eigenvalue weighted by Crippen LogP contribution is 2.18. The van der Waals surface area contributed by atoms with E-state index in [0.29, 0.717) is 10.3 Å². The van der Waals surface area contributed by atoms with Crippen LogP contribution < -0.4 is 10.6 Å². The molecule has 0 aromatic carbocycles. The first-order valence-electron chi connectivity index (χ1n) is 4.32. The molecular weight excluding hydrogens is 248 g/mol. The molecule has 0 spiro atoms. The minimum absolute atomic E-state index is 0.289. The predicted molar refractivity (Wildman–Crippen MR) is 62.1 cm³/mol. The fourth-order valence-electron chi connectivity index (χ4n) is 0.914. The molecule has 0 bridgehead atoms. The summed E-state index contributed by atoms with van der Waals surface area (Å²) in [4.78, 5) is 11.7. The SMILES string of the molecule is CNc1nnc(C(=O)Nc2nnc(C)s2)s1. The molecule has 0 saturated heterocycles. The van der Waals surface area contributed by atoms with Gasteiger partial charge in [0, 0.05) is 7.05 Å². The summed E-state index contributed by atoms with van der Waals surface area (Å²) < 4.78 is 0. The number of carbonyl (C=O) groups excluding carboxylic acids is 1. The van der Waals surface area contributed by atoms with Crippen LogP contribution in [0.25, 0.3) is 0 Å². The molecule has 2 aromatic heterocycles. The topological polar surface area (TPSA) is 92.7 Å². The molecule has 2 aromatic rings. The molecule has 0 fully saturated rings.